The maximum Gasteiger partial charge on any atom is 0.180 e. The Bertz CT molecular complexity index is 571. The van der Waals surface area contributed by atoms with Gasteiger partial charge in [0.15, 0.2) is 5.82 Å². The van der Waals surface area contributed by atoms with E-state index in [0.717, 1.165) is 36.0 Å². The van der Waals surface area contributed by atoms with Crippen LogP contribution in [0.3, 0.4) is 0 Å². The molecule has 0 unspecified atom stereocenters. The number of anilines is 1. The molecule has 2 heterocycles. The number of hydrogen-bond donors (Lipinski definition) is 1. The molecule has 0 aromatic carbocycles. The highest BCUT2D eigenvalue weighted by atomic mass is 15.1. The van der Waals surface area contributed by atoms with Crippen molar-refractivity contribution in [3.63, 3.8) is 0 Å². The minimum absolute atomic E-state index is 0.622. The van der Waals surface area contributed by atoms with E-state index in [9.17, 15) is 0 Å². The third kappa shape index (κ3) is 2.45. The van der Waals surface area contributed by atoms with Crippen molar-refractivity contribution in [3.05, 3.63) is 24.3 Å². The molecule has 0 amide bonds. The largest absolute Gasteiger partial charge is 0.373 e. The Morgan fingerprint density at radius 1 is 1.37 bits per heavy atom. The van der Waals surface area contributed by atoms with Crippen molar-refractivity contribution >= 4 is 5.82 Å². The molecule has 3 rings (SSSR count). The second-order valence-electron chi connectivity index (χ2n) is 5.00. The second kappa shape index (κ2) is 4.99. The summed E-state index contributed by atoms with van der Waals surface area (Å²) in [6, 6.07) is 2.06. The van der Waals surface area contributed by atoms with Crippen molar-refractivity contribution in [1.82, 2.24) is 19.5 Å². The number of nitrogens with zero attached hydrogens (tertiary/aromatic N) is 4. The molecular weight excluding hydrogens is 238 g/mol. The van der Waals surface area contributed by atoms with Gasteiger partial charge in [0.25, 0.3) is 0 Å². The number of hydrogen-bond acceptors (Lipinski definition) is 4. The van der Waals surface area contributed by atoms with Gasteiger partial charge in [-0.1, -0.05) is 6.92 Å². The number of nitrogens with one attached hydrogen (secondary N) is 1. The smallest absolute Gasteiger partial charge is 0.180 e. The fraction of sp³-hybridized carbons (Fsp3) is 0.500. The van der Waals surface area contributed by atoms with Gasteiger partial charge >= 0.3 is 0 Å². The molecule has 1 fully saturated rings. The van der Waals surface area contributed by atoms with Crippen molar-refractivity contribution in [3.8, 4) is 11.5 Å². The van der Waals surface area contributed by atoms with Crippen LogP contribution >= 0.6 is 0 Å². The van der Waals surface area contributed by atoms with Gasteiger partial charge in [-0.25, -0.2) is 15.0 Å². The maximum atomic E-state index is 4.72. The Kier molecular flexibility index (Phi) is 3.19. The molecule has 1 aliphatic rings. The molecule has 100 valence electrons. The zero-order valence-electron chi connectivity index (χ0n) is 11.4. The van der Waals surface area contributed by atoms with Gasteiger partial charge in [0.05, 0.1) is 12.5 Å². The van der Waals surface area contributed by atoms with Crippen LogP contribution in [-0.4, -0.2) is 26.6 Å². The predicted molar refractivity (Wildman–Crippen MR) is 75.1 cm³/mol. The van der Waals surface area contributed by atoms with Crippen LogP contribution in [0.4, 0.5) is 5.82 Å². The van der Waals surface area contributed by atoms with Gasteiger partial charge in [-0.3, -0.25) is 0 Å². The van der Waals surface area contributed by atoms with E-state index in [1.807, 2.05) is 19.6 Å². The van der Waals surface area contributed by atoms with Crippen molar-refractivity contribution in [1.29, 1.82) is 0 Å². The first kappa shape index (κ1) is 12.1. The third-order valence-corrected chi connectivity index (χ3v) is 3.40. The summed E-state index contributed by atoms with van der Waals surface area (Å²) in [4.78, 5) is 13.5. The van der Waals surface area contributed by atoms with Crippen molar-refractivity contribution in [2.24, 2.45) is 0 Å². The monoisotopic (exact) mass is 257 g/mol. The van der Waals surface area contributed by atoms with E-state index in [4.69, 9.17) is 4.98 Å². The van der Waals surface area contributed by atoms with Crippen molar-refractivity contribution in [2.75, 3.05) is 12.4 Å². The molecule has 19 heavy (non-hydrogen) atoms. The van der Waals surface area contributed by atoms with E-state index in [1.54, 1.807) is 0 Å². The van der Waals surface area contributed by atoms with E-state index < -0.39 is 0 Å². The minimum atomic E-state index is 0.622. The first-order chi connectivity index (χ1) is 9.31. The lowest BCUT2D eigenvalue weighted by Gasteiger charge is -2.09. The average molecular weight is 257 g/mol. The molecule has 0 spiro atoms. The van der Waals surface area contributed by atoms with E-state index in [1.165, 1.54) is 12.8 Å². The van der Waals surface area contributed by atoms with Crippen LogP contribution in [0, 0.1) is 0 Å². The quantitative estimate of drug-likeness (QED) is 0.894. The molecule has 1 aliphatic carbocycles. The SMILES string of the molecule is CCCn1cncc1-c1nc(NC)cc(C2CC2)n1. The van der Waals surface area contributed by atoms with Crippen LogP contribution in [-0.2, 0) is 6.54 Å². The molecule has 1 saturated carbocycles. The lowest BCUT2D eigenvalue weighted by atomic mass is 10.2. The van der Waals surface area contributed by atoms with Gasteiger partial charge in [0.1, 0.15) is 11.5 Å². The summed E-state index contributed by atoms with van der Waals surface area (Å²) >= 11 is 0. The summed E-state index contributed by atoms with van der Waals surface area (Å²) in [6.45, 7) is 3.10. The first-order valence-corrected chi connectivity index (χ1v) is 6.89. The van der Waals surface area contributed by atoms with E-state index >= 15 is 0 Å². The summed E-state index contributed by atoms with van der Waals surface area (Å²) in [5.74, 6) is 2.28. The van der Waals surface area contributed by atoms with Gasteiger partial charge in [0, 0.05) is 31.3 Å². The molecule has 5 heteroatoms. The molecule has 0 atom stereocenters. The number of rotatable bonds is 5. The summed E-state index contributed by atoms with van der Waals surface area (Å²) in [5.41, 5.74) is 2.15. The molecule has 0 saturated heterocycles. The molecule has 0 bridgehead atoms. The van der Waals surface area contributed by atoms with Gasteiger partial charge in [-0.2, -0.15) is 0 Å². The Morgan fingerprint density at radius 3 is 2.89 bits per heavy atom. The van der Waals surface area contributed by atoms with Crippen LogP contribution in [0.2, 0.25) is 0 Å². The molecule has 2 aromatic rings. The highest BCUT2D eigenvalue weighted by Gasteiger charge is 2.26. The van der Waals surface area contributed by atoms with Gasteiger partial charge < -0.3 is 9.88 Å². The molecule has 0 aliphatic heterocycles. The Labute approximate surface area is 113 Å². The van der Waals surface area contributed by atoms with E-state index in [2.05, 4.69) is 32.8 Å². The topological polar surface area (TPSA) is 55.6 Å². The first-order valence-electron chi connectivity index (χ1n) is 6.89. The minimum Gasteiger partial charge on any atom is -0.373 e. The third-order valence-electron chi connectivity index (χ3n) is 3.40. The van der Waals surface area contributed by atoms with Crippen LogP contribution < -0.4 is 5.32 Å². The van der Waals surface area contributed by atoms with Gasteiger partial charge in [-0.05, 0) is 19.3 Å². The fourth-order valence-electron chi connectivity index (χ4n) is 2.22. The van der Waals surface area contributed by atoms with Gasteiger partial charge in [-0.15, -0.1) is 0 Å². The Hall–Kier alpha value is -1.91. The second-order valence-corrected chi connectivity index (χ2v) is 5.00. The fourth-order valence-corrected chi connectivity index (χ4v) is 2.22. The lowest BCUT2D eigenvalue weighted by molar-refractivity contribution is 0.681. The average Bonchev–Trinajstić information content (AvgIpc) is 3.19. The standard InChI is InChI=1S/C14H19N5/c1-3-6-19-9-16-8-12(19)14-17-11(10-4-5-10)7-13(15-2)18-14/h7-10H,3-6H2,1-2H3,(H,15,17,18). The summed E-state index contributed by atoms with van der Waals surface area (Å²) in [5, 5.41) is 3.12. The van der Waals surface area contributed by atoms with Crippen LogP contribution in [0.5, 0.6) is 0 Å². The molecule has 0 radical (unpaired) electrons. The number of imidazole rings is 1. The number of aromatic nitrogens is 4. The Morgan fingerprint density at radius 2 is 2.21 bits per heavy atom. The molecule has 1 N–H and O–H groups in total. The van der Waals surface area contributed by atoms with Gasteiger partial charge in [0.2, 0.25) is 0 Å². The van der Waals surface area contributed by atoms with Crippen LogP contribution in [0.25, 0.3) is 11.5 Å². The van der Waals surface area contributed by atoms with Crippen LogP contribution in [0.15, 0.2) is 18.6 Å². The van der Waals surface area contributed by atoms with E-state index in [-0.39, 0.29) is 0 Å². The van der Waals surface area contributed by atoms with Crippen molar-refractivity contribution in [2.45, 2.75) is 38.6 Å². The van der Waals surface area contributed by atoms with Crippen molar-refractivity contribution < 1.29 is 0 Å². The van der Waals surface area contributed by atoms with Crippen LogP contribution in [0.1, 0.15) is 37.8 Å². The summed E-state index contributed by atoms with van der Waals surface area (Å²) in [7, 11) is 1.89. The summed E-state index contributed by atoms with van der Waals surface area (Å²) in [6.07, 6.45) is 7.26. The zero-order valence-corrected chi connectivity index (χ0v) is 11.4. The van der Waals surface area contributed by atoms with E-state index in [0.29, 0.717) is 5.92 Å². The highest BCUT2D eigenvalue weighted by molar-refractivity contribution is 5.53. The summed E-state index contributed by atoms with van der Waals surface area (Å²) < 4.78 is 2.12. The molecule has 5 nitrogen and oxygen atoms in total. The highest BCUT2D eigenvalue weighted by Crippen LogP contribution is 2.40. The molecule has 2 aromatic heterocycles. The predicted octanol–water partition coefficient (Wildman–Crippen LogP) is 2.67. The lowest BCUT2D eigenvalue weighted by Crippen LogP contribution is -2.04. The normalized spacial score (nSPS) is 14.6. The zero-order chi connectivity index (χ0) is 13.2. The Balaban J connectivity index is 2.02. The number of aryl methyl sites for hydroxylation is 1. The molecular formula is C14H19N5. The maximum absolute atomic E-state index is 4.72.